The second-order valence-corrected chi connectivity index (χ2v) is 7.38. The number of carbonyl (C=O) groups is 1. The Morgan fingerprint density at radius 2 is 1.70 bits per heavy atom. The van der Waals surface area contributed by atoms with Gasteiger partial charge in [-0.3, -0.25) is 4.79 Å². The largest absolute Gasteiger partial charge is 0.342 e. The van der Waals surface area contributed by atoms with Crippen LogP contribution in [0.25, 0.3) is 0 Å². The predicted molar refractivity (Wildman–Crippen MR) is 89.0 cm³/mol. The molecule has 2 aliphatic heterocycles. The first kappa shape index (κ1) is 14.9. The molecule has 1 aliphatic carbocycles. The van der Waals surface area contributed by atoms with Crippen LogP contribution in [-0.2, 0) is 4.79 Å². The summed E-state index contributed by atoms with van der Waals surface area (Å²) in [7, 11) is 0. The molecule has 0 unspecified atom stereocenters. The molecule has 3 aliphatic rings. The average Bonchev–Trinajstić information content (AvgIpc) is 3.06. The molecular weight excluding hydrogens is 288 g/mol. The van der Waals surface area contributed by atoms with E-state index in [0.29, 0.717) is 23.7 Å². The van der Waals surface area contributed by atoms with E-state index in [1.807, 2.05) is 18.5 Å². The number of carbonyl (C=O) groups excluding carboxylic acids is 1. The number of hydrogen-bond donors (Lipinski definition) is 0. The van der Waals surface area contributed by atoms with E-state index in [0.717, 1.165) is 51.4 Å². The van der Waals surface area contributed by atoms with E-state index < -0.39 is 0 Å². The maximum Gasteiger partial charge on any atom is 0.225 e. The second kappa shape index (κ2) is 6.46. The fraction of sp³-hybridized carbons (Fsp3) is 0.722. The van der Waals surface area contributed by atoms with Gasteiger partial charge >= 0.3 is 0 Å². The van der Waals surface area contributed by atoms with Crippen LogP contribution in [-0.4, -0.2) is 47.0 Å². The van der Waals surface area contributed by atoms with E-state index in [2.05, 4.69) is 19.8 Å². The molecule has 2 saturated heterocycles. The Hall–Kier alpha value is -1.65. The first-order valence-electron chi connectivity index (χ1n) is 9.12. The number of amides is 1. The second-order valence-electron chi connectivity index (χ2n) is 7.38. The lowest BCUT2D eigenvalue weighted by Crippen LogP contribution is -2.41. The lowest BCUT2D eigenvalue weighted by atomic mass is 9.88. The molecule has 3 fully saturated rings. The lowest BCUT2D eigenvalue weighted by molar-refractivity contribution is -0.135. The Labute approximate surface area is 138 Å². The molecule has 1 aromatic rings. The predicted octanol–water partition coefficient (Wildman–Crippen LogP) is 2.34. The normalized spacial score (nSPS) is 28.7. The molecule has 0 bridgehead atoms. The number of rotatable bonds is 2. The molecular formula is C18H26N4O. The van der Waals surface area contributed by atoms with Crippen molar-refractivity contribution < 1.29 is 4.79 Å². The topological polar surface area (TPSA) is 49.3 Å². The molecule has 2 atom stereocenters. The van der Waals surface area contributed by atoms with Crippen LogP contribution in [0.2, 0.25) is 0 Å². The maximum atomic E-state index is 12.8. The number of aromatic nitrogens is 2. The number of likely N-dealkylation sites (tertiary alicyclic amines) is 1. The molecule has 23 heavy (non-hydrogen) atoms. The van der Waals surface area contributed by atoms with E-state index in [1.54, 1.807) is 0 Å². The van der Waals surface area contributed by atoms with Gasteiger partial charge in [-0.25, -0.2) is 9.97 Å². The molecule has 4 rings (SSSR count). The highest BCUT2D eigenvalue weighted by atomic mass is 16.2. The standard InChI is InChI=1S/C18H26N4O/c23-17(14-5-2-1-3-6-14)22-11-15-7-10-21(12-16(15)13-22)18-19-8-4-9-20-18/h4,8-9,14-16H,1-3,5-7,10-13H2/t15-,16+/m1/s1. The van der Waals surface area contributed by atoms with Gasteiger partial charge in [0.25, 0.3) is 0 Å². The third-order valence-corrected chi connectivity index (χ3v) is 5.90. The third kappa shape index (κ3) is 3.06. The Morgan fingerprint density at radius 1 is 0.957 bits per heavy atom. The summed E-state index contributed by atoms with van der Waals surface area (Å²) in [5.41, 5.74) is 0. The molecule has 0 aromatic carbocycles. The highest BCUT2D eigenvalue weighted by Crippen LogP contribution is 2.34. The Balaban J connectivity index is 1.38. The van der Waals surface area contributed by atoms with Crippen molar-refractivity contribution in [1.82, 2.24) is 14.9 Å². The molecule has 5 heteroatoms. The van der Waals surface area contributed by atoms with Gasteiger partial charge in [-0.15, -0.1) is 0 Å². The highest BCUT2D eigenvalue weighted by molar-refractivity contribution is 5.79. The summed E-state index contributed by atoms with van der Waals surface area (Å²) in [6, 6.07) is 1.86. The minimum Gasteiger partial charge on any atom is -0.342 e. The van der Waals surface area contributed by atoms with E-state index in [4.69, 9.17) is 0 Å². The number of piperidine rings is 1. The summed E-state index contributed by atoms with van der Waals surface area (Å²) in [6.07, 6.45) is 10.7. The number of anilines is 1. The van der Waals surface area contributed by atoms with Crippen molar-refractivity contribution in [2.45, 2.75) is 38.5 Å². The van der Waals surface area contributed by atoms with E-state index in [9.17, 15) is 4.79 Å². The Kier molecular flexibility index (Phi) is 4.19. The molecule has 0 N–H and O–H groups in total. The first-order chi connectivity index (χ1) is 11.3. The molecule has 5 nitrogen and oxygen atoms in total. The number of fused-ring (bicyclic) bond motifs is 1. The average molecular weight is 314 g/mol. The summed E-state index contributed by atoms with van der Waals surface area (Å²) in [5.74, 6) is 2.82. The number of hydrogen-bond acceptors (Lipinski definition) is 4. The van der Waals surface area contributed by atoms with Crippen LogP contribution in [0.15, 0.2) is 18.5 Å². The summed E-state index contributed by atoms with van der Waals surface area (Å²) >= 11 is 0. The SMILES string of the molecule is O=C(C1CCCCC1)N1C[C@H]2CCN(c3ncccn3)C[C@H]2C1. The van der Waals surface area contributed by atoms with Crippen molar-refractivity contribution in [3.63, 3.8) is 0 Å². The van der Waals surface area contributed by atoms with Crippen LogP contribution in [0.3, 0.4) is 0 Å². The maximum absolute atomic E-state index is 12.8. The van der Waals surface area contributed by atoms with Crippen LogP contribution in [0, 0.1) is 17.8 Å². The van der Waals surface area contributed by atoms with Gasteiger partial charge in [0.15, 0.2) is 0 Å². The van der Waals surface area contributed by atoms with Crippen molar-refractivity contribution >= 4 is 11.9 Å². The van der Waals surface area contributed by atoms with Crippen molar-refractivity contribution in [1.29, 1.82) is 0 Å². The van der Waals surface area contributed by atoms with Gasteiger partial charge in [0, 0.05) is 44.5 Å². The van der Waals surface area contributed by atoms with Crippen LogP contribution in [0.5, 0.6) is 0 Å². The number of nitrogens with zero attached hydrogens (tertiary/aromatic N) is 4. The summed E-state index contributed by atoms with van der Waals surface area (Å²) in [6.45, 7) is 3.91. The minimum atomic E-state index is 0.303. The quantitative estimate of drug-likeness (QED) is 0.841. The Bertz CT molecular complexity index is 543. The van der Waals surface area contributed by atoms with Crippen molar-refractivity contribution in [2.75, 3.05) is 31.1 Å². The van der Waals surface area contributed by atoms with E-state index in [-0.39, 0.29) is 0 Å². The van der Waals surface area contributed by atoms with Gasteiger partial charge in [0.05, 0.1) is 0 Å². The zero-order chi connectivity index (χ0) is 15.6. The summed E-state index contributed by atoms with van der Waals surface area (Å²) in [4.78, 5) is 26.0. The van der Waals surface area contributed by atoms with Gasteiger partial charge < -0.3 is 9.80 Å². The van der Waals surface area contributed by atoms with E-state index >= 15 is 0 Å². The van der Waals surface area contributed by atoms with Gasteiger partial charge in [-0.1, -0.05) is 19.3 Å². The van der Waals surface area contributed by atoms with Crippen LogP contribution < -0.4 is 4.90 Å². The zero-order valence-electron chi connectivity index (χ0n) is 13.7. The summed E-state index contributed by atoms with van der Waals surface area (Å²) < 4.78 is 0. The molecule has 0 spiro atoms. The van der Waals surface area contributed by atoms with Gasteiger partial charge in [-0.2, -0.15) is 0 Å². The smallest absolute Gasteiger partial charge is 0.225 e. The fourth-order valence-electron chi connectivity index (χ4n) is 4.59. The Morgan fingerprint density at radius 3 is 2.48 bits per heavy atom. The monoisotopic (exact) mass is 314 g/mol. The lowest BCUT2D eigenvalue weighted by Gasteiger charge is -2.34. The zero-order valence-corrected chi connectivity index (χ0v) is 13.7. The molecule has 124 valence electrons. The third-order valence-electron chi connectivity index (χ3n) is 5.90. The highest BCUT2D eigenvalue weighted by Gasteiger charge is 2.40. The molecule has 1 amide bonds. The van der Waals surface area contributed by atoms with Gasteiger partial charge in [0.2, 0.25) is 11.9 Å². The molecule has 0 radical (unpaired) electrons. The summed E-state index contributed by atoms with van der Waals surface area (Å²) in [5, 5.41) is 0. The minimum absolute atomic E-state index is 0.303. The van der Waals surface area contributed by atoms with Crippen molar-refractivity contribution in [3.05, 3.63) is 18.5 Å². The van der Waals surface area contributed by atoms with Gasteiger partial charge in [0.1, 0.15) is 0 Å². The van der Waals surface area contributed by atoms with Gasteiger partial charge in [-0.05, 0) is 37.2 Å². The molecule has 3 heterocycles. The van der Waals surface area contributed by atoms with E-state index in [1.165, 1.54) is 19.3 Å². The van der Waals surface area contributed by atoms with Crippen LogP contribution in [0.1, 0.15) is 38.5 Å². The first-order valence-corrected chi connectivity index (χ1v) is 9.12. The van der Waals surface area contributed by atoms with Crippen molar-refractivity contribution in [3.8, 4) is 0 Å². The molecule has 1 aromatic heterocycles. The van der Waals surface area contributed by atoms with Crippen molar-refractivity contribution in [2.24, 2.45) is 17.8 Å². The molecule has 1 saturated carbocycles. The van der Waals surface area contributed by atoms with Crippen LogP contribution >= 0.6 is 0 Å². The van der Waals surface area contributed by atoms with Crippen LogP contribution in [0.4, 0.5) is 5.95 Å². The fourth-order valence-corrected chi connectivity index (χ4v) is 4.59.